The van der Waals surface area contributed by atoms with Crippen molar-refractivity contribution in [1.82, 2.24) is 14.7 Å². The normalized spacial score (nSPS) is 21.5. The average molecular weight is 446 g/mol. The Morgan fingerprint density at radius 1 is 0.812 bits per heavy atom. The van der Waals surface area contributed by atoms with Crippen LogP contribution in [0.3, 0.4) is 0 Å². The summed E-state index contributed by atoms with van der Waals surface area (Å²) in [5.74, 6) is -1.08. The Labute approximate surface area is 188 Å². The number of carbonyl (C=O) groups is 4. The Bertz CT molecular complexity index is 849. The smallest absolute Gasteiger partial charge is 0.411 e. The highest BCUT2D eigenvalue weighted by atomic mass is 16.6. The molecule has 9 nitrogen and oxygen atoms in total. The summed E-state index contributed by atoms with van der Waals surface area (Å²) in [6.45, 7) is 10.5. The highest BCUT2D eigenvalue weighted by Gasteiger charge is 2.58. The summed E-state index contributed by atoms with van der Waals surface area (Å²) in [4.78, 5) is 56.1. The molecule has 4 amide bonds. The van der Waals surface area contributed by atoms with Crippen molar-refractivity contribution in [2.75, 3.05) is 13.1 Å². The molecule has 0 saturated carbocycles. The Hall–Kier alpha value is -3.10. The van der Waals surface area contributed by atoms with Crippen LogP contribution in [-0.2, 0) is 25.6 Å². The van der Waals surface area contributed by atoms with E-state index in [0.717, 1.165) is 10.5 Å². The molecule has 2 aliphatic heterocycles. The SMILES string of the molecule is CC(C)(C)OC(=O)N1CCN(C(=O)OC(C)(C)C)C2C(=O)N(Cc3ccccc3)C(=O)C21. The van der Waals surface area contributed by atoms with Gasteiger partial charge in [-0.3, -0.25) is 24.3 Å². The molecule has 2 atom stereocenters. The number of fused-ring (bicyclic) bond motifs is 1. The minimum absolute atomic E-state index is 0.0491. The van der Waals surface area contributed by atoms with Gasteiger partial charge in [0.1, 0.15) is 23.3 Å². The first-order valence-corrected chi connectivity index (χ1v) is 10.7. The standard InChI is InChI=1S/C23H31N3O6/c1-22(2,3)31-20(29)24-12-13-25(21(30)32-23(4,5)6)17-16(24)18(27)26(19(17)28)14-15-10-8-7-9-11-15/h7-11,16-17H,12-14H2,1-6H3. The van der Waals surface area contributed by atoms with Crippen LogP contribution in [0.4, 0.5) is 9.59 Å². The average Bonchev–Trinajstić information content (AvgIpc) is 2.91. The molecule has 0 aliphatic carbocycles. The van der Waals surface area contributed by atoms with Crippen molar-refractivity contribution in [3.8, 4) is 0 Å². The predicted molar refractivity (Wildman–Crippen MR) is 115 cm³/mol. The van der Waals surface area contributed by atoms with Crippen LogP contribution in [0.25, 0.3) is 0 Å². The van der Waals surface area contributed by atoms with E-state index >= 15 is 0 Å². The predicted octanol–water partition coefficient (Wildman–Crippen LogP) is 2.78. The monoisotopic (exact) mass is 445 g/mol. The molecular formula is C23H31N3O6. The van der Waals surface area contributed by atoms with Gasteiger partial charge < -0.3 is 9.47 Å². The van der Waals surface area contributed by atoms with E-state index < -0.39 is 47.3 Å². The summed E-state index contributed by atoms with van der Waals surface area (Å²) in [5.41, 5.74) is -0.783. The lowest BCUT2D eigenvalue weighted by Gasteiger charge is -2.42. The van der Waals surface area contributed by atoms with Crippen molar-refractivity contribution in [2.24, 2.45) is 0 Å². The molecule has 0 aromatic heterocycles. The number of ether oxygens (including phenoxy) is 2. The van der Waals surface area contributed by atoms with Crippen LogP contribution in [0.5, 0.6) is 0 Å². The molecule has 3 rings (SSSR count). The lowest BCUT2D eigenvalue weighted by atomic mass is 10.0. The highest BCUT2D eigenvalue weighted by molar-refractivity contribution is 6.11. The first kappa shape index (κ1) is 23.6. The Kier molecular flexibility index (Phi) is 6.22. The van der Waals surface area contributed by atoms with Gasteiger partial charge in [0, 0.05) is 13.1 Å². The van der Waals surface area contributed by atoms with E-state index in [1.165, 1.54) is 9.80 Å². The van der Waals surface area contributed by atoms with Crippen LogP contribution < -0.4 is 0 Å². The summed E-state index contributed by atoms with van der Waals surface area (Å²) >= 11 is 0. The summed E-state index contributed by atoms with van der Waals surface area (Å²) in [6.07, 6.45) is -1.39. The molecule has 2 fully saturated rings. The first-order chi connectivity index (χ1) is 14.8. The molecule has 1 aromatic rings. The van der Waals surface area contributed by atoms with Gasteiger partial charge in [-0.05, 0) is 47.1 Å². The van der Waals surface area contributed by atoms with Crippen LogP contribution in [0.2, 0.25) is 0 Å². The van der Waals surface area contributed by atoms with Crippen molar-refractivity contribution >= 4 is 24.0 Å². The van der Waals surface area contributed by atoms with Crippen LogP contribution in [0.1, 0.15) is 47.1 Å². The zero-order valence-electron chi connectivity index (χ0n) is 19.5. The molecule has 0 bridgehead atoms. The lowest BCUT2D eigenvalue weighted by molar-refractivity contribution is -0.140. The molecule has 9 heteroatoms. The Balaban J connectivity index is 1.94. The summed E-state index contributed by atoms with van der Waals surface area (Å²) in [6, 6.07) is 6.75. The minimum atomic E-state index is -1.16. The van der Waals surface area contributed by atoms with E-state index in [1.807, 2.05) is 18.2 Å². The fourth-order valence-corrected chi connectivity index (χ4v) is 3.77. The van der Waals surface area contributed by atoms with Crippen molar-refractivity contribution < 1.29 is 28.7 Å². The fraction of sp³-hybridized carbons (Fsp3) is 0.565. The van der Waals surface area contributed by atoms with E-state index in [0.29, 0.717) is 0 Å². The van der Waals surface area contributed by atoms with E-state index in [2.05, 4.69) is 0 Å². The van der Waals surface area contributed by atoms with Crippen molar-refractivity contribution in [2.45, 2.75) is 71.4 Å². The second-order valence-electron chi connectivity index (χ2n) is 9.99. The van der Waals surface area contributed by atoms with Crippen LogP contribution >= 0.6 is 0 Å². The van der Waals surface area contributed by atoms with Crippen molar-refractivity contribution in [1.29, 1.82) is 0 Å². The van der Waals surface area contributed by atoms with Gasteiger partial charge in [0.25, 0.3) is 11.8 Å². The van der Waals surface area contributed by atoms with Gasteiger partial charge >= 0.3 is 12.2 Å². The zero-order chi connectivity index (χ0) is 23.8. The third-order valence-electron chi connectivity index (χ3n) is 5.03. The molecule has 0 radical (unpaired) electrons. The largest absolute Gasteiger partial charge is 0.444 e. The van der Waals surface area contributed by atoms with Gasteiger partial charge in [0.05, 0.1) is 6.54 Å². The van der Waals surface area contributed by atoms with Crippen molar-refractivity contribution in [3.05, 3.63) is 35.9 Å². The van der Waals surface area contributed by atoms with Gasteiger partial charge in [-0.2, -0.15) is 0 Å². The topological polar surface area (TPSA) is 96.5 Å². The Morgan fingerprint density at radius 3 is 1.59 bits per heavy atom. The molecule has 1 aromatic carbocycles. The molecule has 0 N–H and O–H groups in total. The van der Waals surface area contributed by atoms with Gasteiger partial charge in [0.2, 0.25) is 0 Å². The summed E-state index contributed by atoms with van der Waals surface area (Å²) in [5, 5.41) is 0. The second kappa shape index (κ2) is 8.44. The molecule has 174 valence electrons. The van der Waals surface area contributed by atoms with Gasteiger partial charge in [-0.15, -0.1) is 0 Å². The van der Waals surface area contributed by atoms with Gasteiger partial charge in [-0.1, -0.05) is 30.3 Å². The zero-order valence-corrected chi connectivity index (χ0v) is 19.5. The number of likely N-dealkylation sites (tertiary alicyclic amines) is 1. The van der Waals surface area contributed by atoms with E-state index in [9.17, 15) is 19.2 Å². The van der Waals surface area contributed by atoms with E-state index in [1.54, 1.807) is 53.7 Å². The number of rotatable bonds is 2. The Morgan fingerprint density at radius 2 is 1.22 bits per heavy atom. The number of carbonyl (C=O) groups excluding carboxylic acids is 4. The number of hydrogen-bond acceptors (Lipinski definition) is 6. The molecule has 2 heterocycles. The van der Waals surface area contributed by atoms with E-state index in [4.69, 9.17) is 9.47 Å². The number of nitrogens with zero attached hydrogens (tertiary/aromatic N) is 3. The number of piperazine rings is 1. The molecule has 0 spiro atoms. The molecule has 2 saturated heterocycles. The second-order valence-corrected chi connectivity index (χ2v) is 9.99. The highest BCUT2D eigenvalue weighted by Crippen LogP contribution is 2.31. The fourth-order valence-electron chi connectivity index (χ4n) is 3.77. The maximum Gasteiger partial charge on any atom is 0.411 e. The lowest BCUT2D eigenvalue weighted by Crippen LogP contribution is -2.64. The minimum Gasteiger partial charge on any atom is -0.444 e. The third-order valence-corrected chi connectivity index (χ3v) is 5.03. The first-order valence-electron chi connectivity index (χ1n) is 10.7. The molecule has 2 aliphatic rings. The van der Waals surface area contributed by atoms with Crippen LogP contribution in [0.15, 0.2) is 30.3 Å². The molecule has 32 heavy (non-hydrogen) atoms. The van der Waals surface area contributed by atoms with Gasteiger partial charge in [0.15, 0.2) is 0 Å². The van der Waals surface area contributed by atoms with Crippen LogP contribution in [-0.4, -0.2) is 75.1 Å². The number of benzene rings is 1. The maximum atomic E-state index is 13.4. The van der Waals surface area contributed by atoms with Crippen molar-refractivity contribution in [3.63, 3.8) is 0 Å². The number of imide groups is 1. The van der Waals surface area contributed by atoms with Crippen LogP contribution in [0, 0.1) is 0 Å². The van der Waals surface area contributed by atoms with Gasteiger partial charge in [-0.25, -0.2) is 9.59 Å². The molecular weight excluding hydrogens is 414 g/mol. The molecule has 2 unspecified atom stereocenters. The van der Waals surface area contributed by atoms with E-state index in [-0.39, 0.29) is 19.6 Å². The summed E-state index contributed by atoms with van der Waals surface area (Å²) < 4.78 is 10.9. The number of hydrogen-bond donors (Lipinski definition) is 0. The number of amides is 4. The third kappa shape index (κ3) is 5.03. The maximum absolute atomic E-state index is 13.4. The quantitative estimate of drug-likeness (QED) is 0.650. The summed E-state index contributed by atoms with van der Waals surface area (Å²) in [7, 11) is 0.